The highest BCUT2D eigenvalue weighted by atomic mass is 16.2. The predicted molar refractivity (Wildman–Crippen MR) is 132 cm³/mol. The first kappa shape index (κ1) is 23.3. The van der Waals surface area contributed by atoms with E-state index in [0.29, 0.717) is 29.8 Å². The average molecular weight is 429 g/mol. The molecule has 0 saturated heterocycles. The zero-order valence-electron chi connectivity index (χ0n) is 19.6. The second-order valence-electron chi connectivity index (χ2n) is 9.33. The van der Waals surface area contributed by atoms with Crippen molar-refractivity contribution in [2.75, 3.05) is 10.6 Å². The van der Waals surface area contributed by atoms with Crippen molar-refractivity contribution in [2.24, 2.45) is 0 Å². The van der Waals surface area contributed by atoms with Crippen molar-refractivity contribution in [3.05, 3.63) is 94.5 Å². The van der Waals surface area contributed by atoms with E-state index < -0.39 is 0 Å². The first-order chi connectivity index (χ1) is 15.1. The van der Waals surface area contributed by atoms with E-state index in [2.05, 4.69) is 63.5 Å². The average Bonchev–Trinajstić information content (AvgIpc) is 2.74. The lowest BCUT2D eigenvalue weighted by Gasteiger charge is -2.19. The van der Waals surface area contributed by atoms with E-state index in [-0.39, 0.29) is 17.2 Å². The van der Waals surface area contributed by atoms with Gasteiger partial charge < -0.3 is 10.6 Å². The van der Waals surface area contributed by atoms with E-state index in [1.54, 1.807) is 6.07 Å². The highest BCUT2D eigenvalue weighted by Gasteiger charge is 2.14. The van der Waals surface area contributed by atoms with Crippen molar-refractivity contribution in [1.29, 1.82) is 0 Å². The molecule has 2 amide bonds. The van der Waals surface area contributed by atoms with Gasteiger partial charge in [-0.15, -0.1) is 0 Å². The molecule has 0 radical (unpaired) electrons. The quantitative estimate of drug-likeness (QED) is 0.476. The molecule has 166 valence electrons. The van der Waals surface area contributed by atoms with Gasteiger partial charge in [0.05, 0.1) is 0 Å². The van der Waals surface area contributed by atoms with Gasteiger partial charge in [-0.2, -0.15) is 0 Å². The summed E-state index contributed by atoms with van der Waals surface area (Å²) in [4.78, 5) is 25.0. The third kappa shape index (κ3) is 6.30. The minimum atomic E-state index is -0.177. The van der Waals surface area contributed by atoms with Crippen LogP contribution in [0.3, 0.4) is 0 Å². The lowest BCUT2D eigenvalue weighted by molar-refractivity contribution is -0.116. The Morgan fingerprint density at radius 1 is 0.781 bits per heavy atom. The van der Waals surface area contributed by atoms with Crippen LogP contribution in [0.2, 0.25) is 0 Å². The van der Waals surface area contributed by atoms with Crippen molar-refractivity contribution in [1.82, 2.24) is 0 Å². The molecule has 2 N–H and O–H groups in total. The van der Waals surface area contributed by atoms with Crippen LogP contribution in [0.4, 0.5) is 11.4 Å². The molecule has 0 aliphatic carbocycles. The van der Waals surface area contributed by atoms with Gasteiger partial charge in [-0.1, -0.05) is 57.2 Å². The third-order valence-corrected chi connectivity index (χ3v) is 5.63. The number of hydrogen-bond donors (Lipinski definition) is 2. The lowest BCUT2D eigenvalue weighted by atomic mass is 9.87. The lowest BCUT2D eigenvalue weighted by Crippen LogP contribution is -2.15. The number of rotatable bonds is 6. The van der Waals surface area contributed by atoms with Crippen LogP contribution in [-0.2, 0) is 16.6 Å². The number of carbonyl (C=O) groups excluding carboxylic acids is 2. The number of amides is 2. The SMILES string of the molecule is Cc1ccc(CCC(=O)Nc2cccc(NC(=O)c3ccc(C(C)(C)C)cc3)c2)cc1C. The van der Waals surface area contributed by atoms with Gasteiger partial charge in [0.1, 0.15) is 0 Å². The molecule has 0 unspecified atom stereocenters. The highest BCUT2D eigenvalue weighted by molar-refractivity contribution is 6.04. The minimum Gasteiger partial charge on any atom is -0.326 e. The van der Waals surface area contributed by atoms with Crippen molar-refractivity contribution in [3.8, 4) is 0 Å². The molecule has 0 fully saturated rings. The summed E-state index contributed by atoms with van der Waals surface area (Å²) in [5, 5.41) is 5.83. The largest absolute Gasteiger partial charge is 0.326 e. The Hall–Kier alpha value is -3.40. The van der Waals surface area contributed by atoms with Gasteiger partial charge in [0.2, 0.25) is 5.91 Å². The first-order valence-electron chi connectivity index (χ1n) is 11.0. The zero-order chi connectivity index (χ0) is 23.3. The Morgan fingerprint density at radius 2 is 1.44 bits per heavy atom. The zero-order valence-corrected chi connectivity index (χ0v) is 19.6. The van der Waals surface area contributed by atoms with Gasteiger partial charge in [-0.05, 0) is 78.3 Å². The molecule has 0 heterocycles. The fourth-order valence-corrected chi connectivity index (χ4v) is 3.44. The number of anilines is 2. The maximum Gasteiger partial charge on any atom is 0.255 e. The molecule has 0 aliphatic heterocycles. The molecule has 0 aromatic heterocycles. The summed E-state index contributed by atoms with van der Waals surface area (Å²) in [6.45, 7) is 10.6. The van der Waals surface area contributed by atoms with Crippen LogP contribution in [0.1, 0.15) is 59.8 Å². The summed E-state index contributed by atoms with van der Waals surface area (Å²) in [7, 11) is 0. The molecule has 0 saturated carbocycles. The van der Waals surface area contributed by atoms with E-state index in [1.807, 2.05) is 42.5 Å². The van der Waals surface area contributed by atoms with Crippen molar-refractivity contribution >= 4 is 23.2 Å². The second-order valence-corrected chi connectivity index (χ2v) is 9.33. The Morgan fingerprint density at radius 3 is 2.06 bits per heavy atom. The third-order valence-electron chi connectivity index (χ3n) is 5.63. The Balaban J connectivity index is 1.58. The molecule has 4 nitrogen and oxygen atoms in total. The first-order valence-corrected chi connectivity index (χ1v) is 11.0. The van der Waals surface area contributed by atoms with Crippen LogP contribution < -0.4 is 10.6 Å². The molecule has 3 rings (SSSR count). The molecule has 0 bridgehead atoms. The highest BCUT2D eigenvalue weighted by Crippen LogP contribution is 2.23. The van der Waals surface area contributed by atoms with Gasteiger partial charge in [0.15, 0.2) is 0 Å². The summed E-state index contributed by atoms with van der Waals surface area (Å²) in [5.74, 6) is -0.229. The van der Waals surface area contributed by atoms with Crippen molar-refractivity contribution in [2.45, 2.75) is 52.9 Å². The minimum absolute atomic E-state index is 0.0415. The van der Waals surface area contributed by atoms with Crippen LogP contribution in [-0.4, -0.2) is 11.8 Å². The molecule has 0 atom stereocenters. The molecular weight excluding hydrogens is 396 g/mol. The summed E-state index contributed by atoms with van der Waals surface area (Å²) >= 11 is 0. The summed E-state index contributed by atoms with van der Waals surface area (Å²) in [5.41, 5.74) is 6.77. The maximum atomic E-state index is 12.6. The van der Waals surface area contributed by atoms with Gasteiger partial charge in [-0.3, -0.25) is 9.59 Å². The van der Waals surface area contributed by atoms with Crippen molar-refractivity contribution in [3.63, 3.8) is 0 Å². The van der Waals surface area contributed by atoms with Gasteiger partial charge in [0.25, 0.3) is 5.91 Å². The predicted octanol–water partition coefficient (Wildman–Crippen LogP) is 6.42. The molecule has 32 heavy (non-hydrogen) atoms. The number of aryl methyl sites for hydroxylation is 3. The number of hydrogen-bond acceptors (Lipinski definition) is 2. The van der Waals surface area contributed by atoms with Crippen LogP contribution in [0.5, 0.6) is 0 Å². The van der Waals surface area contributed by atoms with Gasteiger partial charge in [0, 0.05) is 23.4 Å². The number of carbonyl (C=O) groups is 2. The standard InChI is InChI=1S/C28H32N2O2/c1-19-9-10-21(17-20(19)2)11-16-26(31)29-24-7-6-8-25(18-24)30-27(32)22-12-14-23(15-13-22)28(3,4)5/h6-10,12-15,17-18H,11,16H2,1-5H3,(H,29,31)(H,30,32). The smallest absolute Gasteiger partial charge is 0.255 e. The molecule has 3 aromatic rings. The Kier molecular flexibility index (Phi) is 7.14. The van der Waals surface area contributed by atoms with Gasteiger partial charge in [-0.25, -0.2) is 0 Å². The molecule has 0 spiro atoms. The van der Waals surface area contributed by atoms with Crippen LogP contribution in [0, 0.1) is 13.8 Å². The summed E-state index contributed by atoms with van der Waals surface area (Å²) in [6.07, 6.45) is 1.09. The Bertz CT molecular complexity index is 1110. The Labute approximate surface area is 191 Å². The van der Waals surface area contributed by atoms with Crippen molar-refractivity contribution < 1.29 is 9.59 Å². The number of nitrogens with one attached hydrogen (secondary N) is 2. The fraction of sp³-hybridized carbons (Fsp3) is 0.286. The molecule has 0 aliphatic rings. The van der Waals surface area contributed by atoms with E-state index in [0.717, 1.165) is 5.56 Å². The molecule has 4 heteroatoms. The van der Waals surface area contributed by atoms with E-state index in [1.165, 1.54) is 16.7 Å². The van der Waals surface area contributed by atoms with Crippen LogP contribution >= 0.6 is 0 Å². The maximum absolute atomic E-state index is 12.6. The summed E-state index contributed by atoms with van der Waals surface area (Å²) < 4.78 is 0. The van der Waals surface area contributed by atoms with Gasteiger partial charge >= 0.3 is 0 Å². The van der Waals surface area contributed by atoms with E-state index in [9.17, 15) is 9.59 Å². The summed E-state index contributed by atoms with van der Waals surface area (Å²) in [6, 6.07) is 21.2. The molecular formula is C28H32N2O2. The normalized spacial score (nSPS) is 11.2. The topological polar surface area (TPSA) is 58.2 Å². The molecule has 3 aromatic carbocycles. The monoisotopic (exact) mass is 428 g/mol. The van der Waals surface area contributed by atoms with Crippen LogP contribution in [0.25, 0.3) is 0 Å². The number of benzene rings is 3. The van der Waals surface area contributed by atoms with E-state index >= 15 is 0 Å². The van der Waals surface area contributed by atoms with E-state index in [4.69, 9.17) is 0 Å². The second kappa shape index (κ2) is 9.82. The van der Waals surface area contributed by atoms with Crippen LogP contribution in [0.15, 0.2) is 66.7 Å². The fourth-order valence-electron chi connectivity index (χ4n) is 3.44.